The van der Waals surface area contributed by atoms with Crippen LogP contribution < -0.4 is 0 Å². The molecule has 406 valence electrons. The minimum atomic E-state index is -1.75. The monoisotopic (exact) mass is 1340 g/mol. The van der Waals surface area contributed by atoms with Crippen LogP contribution in [0.3, 0.4) is 0 Å². The van der Waals surface area contributed by atoms with Crippen molar-refractivity contribution in [2.75, 3.05) is 14.2 Å². The second kappa shape index (κ2) is 55.4. The Labute approximate surface area is 483 Å². The number of aromatic nitrogens is 4. The number of aliphatic hydroxyl groups is 2. The molecule has 36 heteroatoms. The van der Waals surface area contributed by atoms with E-state index < -0.39 is 30.5 Å². The largest absolute Gasteiger partial charge is 3.00 e. The number of aliphatic hydroxyl groups excluding tert-OH is 2. The van der Waals surface area contributed by atoms with Gasteiger partial charge in [0.1, 0.15) is 0 Å². The van der Waals surface area contributed by atoms with E-state index in [4.69, 9.17) is 122 Å². The van der Waals surface area contributed by atoms with Gasteiger partial charge in [-0.3, -0.25) is 39.9 Å². The number of pyridine rings is 4. The fourth-order valence-corrected chi connectivity index (χ4v) is 5.38. The van der Waals surface area contributed by atoms with E-state index in [0.29, 0.717) is 0 Å². The molecular formula is C38H48Gd2N14O20. The summed E-state index contributed by atoms with van der Waals surface area (Å²) < 4.78 is 0. The third-order valence-electron chi connectivity index (χ3n) is 7.73. The van der Waals surface area contributed by atoms with Gasteiger partial charge in [-0.2, -0.15) is 0 Å². The summed E-state index contributed by atoms with van der Waals surface area (Å²) in [6.07, 6.45) is 23.9. The molecule has 0 amide bonds. The molecule has 2 radical (unpaired) electrons. The Morgan fingerprint density at radius 3 is 0.635 bits per heavy atom. The Balaban J connectivity index is -0.000000205. The van der Waals surface area contributed by atoms with Crippen LogP contribution in [-0.2, 0) is 0 Å². The van der Waals surface area contributed by atoms with Crippen LogP contribution in [0.25, 0.3) is 0 Å². The summed E-state index contributed by atoms with van der Waals surface area (Å²) in [6.45, 7) is 0. The minimum Gasteiger partial charge on any atom is -0.400 e. The van der Waals surface area contributed by atoms with Crippen LogP contribution >= 0.6 is 0 Å². The van der Waals surface area contributed by atoms with Crippen molar-refractivity contribution in [3.63, 3.8) is 0 Å². The molecule has 0 unspecified atom stereocenters. The molecule has 0 saturated heterocycles. The first-order valence-corrected chi connectivity index (χ1v) is 19.8. The van der Waals surface area contributed by atoms with E-state index in [-0.39, 0.29) is 104 Å². The molecule has 34 nitrogen and oxygen atoms in total. The summed E-state index contributed by atoms with van der Waals surface area (Å²) in [5.74, 6) is 0. The van der Waals surface area contributed by atoms with Gasteiger partial charge in [-0.1, -0.05) is 49.9 Å². The third kappa shape index (κ3) is 59.4. The Morgan fingerprint density at radius 2 is 0.514 bits per heavy atom. The average molecular weight is 1340 g/mol. The first-order chi connectivity index (χ1) is 34.2. The van der Waals surface area contributed by atoms with Crippen molar-refractivity contribution in [2.24, 2.45) is 20.0 Å². The van der Waals surface area contributed by atoms with Gasteiger partial charge in [0.2, 0.25) is 0 Å². The van der Waals surface area contributed by atoms with E-state index >= 15 is 0 Å². The summed E-state index contributed by atoms with van der Waals surface area (Å²) in [5, 5.41) is 102. The maximum Gasteiger partial charge on any atom is 3.00 e. The SMILES string of the molecule is C(=N[C@H]1CCCC[C@@H]1N=Cc1ccccn1)c1ccccn1.C(=N[C@H]1CCCC[C@@H]1N=Cc1ccccn1)c1ccccn1.CO.CO.O=[N+]([O-])[O-].O=[N+]([O-])[O-].O=[N+]([O-])[O-].O=[N+]([O-])[O-].O=[N+]([O-])[O-].O=[N+]([O-])[O-].[Gd+3].[Gd+3]. The summed E-state index contributed by atoms with van der Waals surface area (Å²) in [7, 11) is 2.00. The average Bonchev–Trinajstić information content (AvgIpc) is 3.34. The molecule has 0 aromatic carbocycles. The van der Waals surface area contributed by atoms with Crippen LogP contribution in [-0.4, -0.2) is 124 Å². The predicted molar refractivity (Wildman–Crippen MR) is 258 cm³/mol. The molecule has 2 aliphatic rings. The second-order valence-corrected chi connectivity index (χ2v) is 12.3. The topological polar surface area (TPSA) is 539 Å². The van der Waals surface area contributed by atoms with Gasteiger partial charge in [-0.25, -0.2) is 0 Å². The molecule has 4 atom stereocenters. The molecular weight excluding hydrogens is 1290 g/mol. The predicted octanol–water partition coefficient (Wildman–Crippen LogP) is 4.43. The fourth-order valence-electron chi connectivity index (χ4n) is 5.38. The van der Waals surface area contributed by atoms with Crippen molar-refractivity contribution >= 4 is 24.9 Å². The van der Waals surface area contributed by atoms with Crippen molar-refractivity contribution < 1.29 is 121 Å². The van der Waals surface area contributed by atoms with Gasteiger partial charge in [0.15, 0.2) is 0 Å². The summed E-state index contributed by atoms with van der Waals surface area (Å²) in [5.41, 5.74) is 3.61. The molecule has 4 aromatic heterocycles. The molecule has 2 fully saturated rings. The summed E-state index contributed by atoms with van der Waals surface area (Å²) in [4.78, 5) is 85.5. The Morgan fingerprint density at radius 1 is 0.365 bits per heavy atom. The van der Waals surface area contributed by atoms with Crippen LogP contribution in [0.1, 0.15) is 74.1 Å². The fraction of sp³-hybridized carbons (Fsp3) is 0.368. The van der Waals surface area contributed by atoms with Crippen LogP contribution in [0.4, 0.5) is 0 Å². The Hall–Kier alpha value is -6.95. The van der Waals surface area contributed by atoms with Gasteiger partial charge in [0.25, 0.3) is 0 Å². The van der Waals surface area contributed by atoms with Gasteiger partial charge in [0, 0.05) is 63.9 Å². The summed E-state index contributed by atoms with van der Waals surface area (Å²) >= 11 is 0. The molecule has 2 saturated carbocycles. The van der Waals surface area contributed by atoms with Crippen molar-refractivity contribution in [1.82, 2.24) is 19.9 Å². The van der Waals surface area contributed by atoms with Crippen molar-refractivity contribution in [3.05, 3.63) is 212 Å². The van der Waals surface area contributed by atoms with Crippen molar-refractivity contribution in [3.8, 4) is 0 Å². The van der Waals surface area contributed by atoms with Crippen LogP contribution in [0, 0.1) is 172 Å². The Kier molecular flexibility index (Phi) is 58.7. The molecule has 6 rings (SSSR count). The van der Waals surface area contributed by atoms with Gasteiger partial charge in [-0.15, -0.1) is 0 Å². The van der Waals surface area contributed by atoms with E-state index in [1.165, 1.54) is 25.7 Å². The summed E-state index contributed by atoms with van der Waals surface area (Å²) in [6, 6.07) is 24.4. The number of nitrogens with zero attached hydrogens (tertiary/aromatic N) is 14. The Bertz CT molecular complexity index is 1800. The van der Waals surface area contributed by atoms with Crippen LogP contribution in [0.2, 0.25) is 0 Å². The van der Waals surface area contributed by atoms with Gasteiger partial charge >= 0.3 is 79.9 Å². The number of hydrogen-bond acceptors (Lipinski definition) is 28. The standard InChI is InChI=1S/2C18H20N4.2CH4O.2Gd.6NO3/c2*1-2-10-18(22-14-16-8-4-6-12-20-16)17(9-1)21-13-15-7-3-5-11-19-15;2*1-2;;;6*2-1(3)4/h2*3-8,11-14,17-18H,1-2,9-10H2;2*2H,1H3;;;;;;;;/q;;;;2*+3;6*-1/t2*17-,18-;;;;;;;;;;/m00........../s1. The molecule has 0 bridgehead atoms. The molecule has 2 aliphatic carbocycles. The minimum absolute atomic E-state index is 0. The van der Waals surface area contributed by atoms with E-state index in [1.807, 2.05) is 97.7 Å². The zero-order valence-electron chi connectivity index (χ0n) is 38.7. The third-order valence-corrected chi connectivity index (χ3v) is 7.73. The smallest absolute Gasteiger partial charge is 0.400 e. The maximum absolute atomic E-state index is 8.25. The first-order valence-electron chi connectivity index (χ1n) is 19.8. The molecule has 2 N–H and O–H groups in total. The van der Waals surface area contributed by atoms with Crippen molar-refractivity contribution in [2.45, 2.75) is 75.5 Å². The maximum atomic E-state index is 8.25. The van der Waals surface area contributed by atoms with Crippen molar-refractivity contribution in [1.29, 1.82) is 0 Å². The zero-order valence-corrected chi connectivity index (χ0v) is 43.3. The second-order valence-electron chi connectivity index (χ2n) is 12.3. The molecule has 4 aromatic rings. The van der Waals surface area contributed by atoms with E-state index in [1.54, 1.807) is 24.8 Å². The molecule has 0 spiro atoms. The van der Waals surface area contributed by atoms with Gasteiger partial charge < -0.3 is 102 Å². The molecule has 74 heavy (non-hydrogen) atoms. The quantitative estimate of drug-likeness (QED) is 0.140. The molecule has 4 heterocycles. The van der Waals surface area contributed by atoms with Gasteiger partial charge in [-0.05, 0) is 74.2 Å². The van der Waals surface area contributed by atoms with E-state index in [0.717, 1.165) is 62.7 Å². The normalized spacial score (nSPS) is 15.4. The van der Waals surface area contributed by atoms with Crippen LogP contribution in [0.15, 0.2) is 118 Å². The van der Waals surface area contributed by atoms with Gasteiger partial charge in [0.05, 0.1) is 77.5 Å². The van der Waals surface area contributed by atoms with E-state index in [9.17, 15) is 0 Å². The number of hydrogen-bond donors (Lipinski definition) is 2. The zero-order chi connectivity index (χ0) is 55.5. The number of aliphatic imine (C=N–C) groups is 4. The number of rotatable bonds is 8. The molecule has 0 aliphatic heterocycles. The van der Waals surface area contributed by atoms with E-state index in [2.05, 4.69) is 19.9 Å². The first kappa shape index (κ1) is 78.5. The van der Waals surface area contributed by atoms with Crippen LogP contribution in [0.5, 0.6) is 0 Å².